The Hall–Kier alpha value is -2.30. The maximum Gasteiger partial charge on any atom is 0.166 e. The van der Waals surface area contributed by atoms with Crippen LogP contribution in [0.2, 0.25) is 0 Å². The summed E-state index contributed by atoms with van der Waals surface area (Å²) in [5.41, 5.74) is 4.29. The summed E-state index contributed by atoms with van der Waals surface area (Å²) in [6, 6.07) is 16.5. The van der Waals surface area contributed by atoms with Crippen LogP contribution in [0.15, 0.2) is 48.5 Å². The van der Waals surface area contributed by atoms with Crippen LogP contribution in [0.1, 0.15) is 70.4 Å². The second kappa shape index (κ2) is 11.5. The van der Waals surface area contributed by atoms with E-state index in [1.165, 1.54) is 11.1 Å². The van der Waals surface area contributed by atoms with E-state index >= 15 is 0 Å². The smallest absolute Gasteiger partial charge is 0.166 e. The van der Waals surface area contributed by atoms with Crippen molar-refractivity contribution in [2.45, 2.75) is 51.4 Å². The Morgan fingerprint density at radius 1 is 0.656 bits per heavy atom. The van der Waals surface area contributed by atoms with Crippen molar-refractivity contribution >= 4 is 11.6 Å². The number of benzene rings is 2. The summed E-state index contributed by atoms with van der Waals surface area (Å²) in [6.07, 6.45) is 8.02. The quantitative estimate of drug-likeness (QED) is 0.449. The van der Waals surface area contributed by atoms with Crippen LogP contribution in [0.4, 0.5) is 0 Å². The Kier molecular flexibility index (Phi) is 8.24. The zero-order chi connectivity index (χ0) is 22.2. The normalized spacial score (nSPS) is 17.9. The predicted molar refractivity (Wildman–Crippen MR) is 129 cm³/mol. The molecule has 32 heavy (non-hydrogen) atoms. The lowest BCUT2D eigenvalue weighted by Gasteiger charge is -2.21. The first-order valence-electron chi connectivity index (χ1n) is 12.4. The lowest BCUT2D eigenvalue weighted by Crippen LogP contribution is -2.31. The molecule has 0 unspecified atom stereocenters. The molecule has 2 saturated heterocycles. The van der Waals surface area contributed by atoms with Crippen LogP contribution in [0, 0.1) is 11.8 Å². The number of ketones is 2. The first-order chi connectivity index (χ1) is 15.7. The number of nitrogens with one attached hydrogen (secondary N) is 2. The average molecular weight is 433 g/mol. The maximum atomic E-state index is 12.8. The number of aryl methyl sites for hydroxylation is 2. The van der Waals surface area contributed by atoms with Gasteiger partial charge in [0, 0.05) is 23.0 Å². The first-order valence-corrected chi connectivity index (χ1v) is 12.4. The SMILES string of the molecule is O=C(c1ccc(CCCCc2cccc(C(=O)C3CCNCC3)c2)cc1)C1CCNCC1. The highest BCUT2D eigenvalue weighted by atomic mass is 16.1. The minimum Gasteiger partial charge on any atom is -0.317 e. The van der Waals surface area contributed by atoms with Gasteiger partial charge in [0.25, 0.3) is 0 Å². The van der Waals surface area contributed by atoms with Crippen LogP contribution in [-0.4, -0.2) is 37.7 Å². The van der Waals surface area contributed by atoms with Gasteiger partial charge in [-0.15, -0.1) is 0 Å². The van der Waals surface area contributed by atoms with Gasteiger partial charge in [-0.25, -0.2) is 0 Å². The highest BCUT2D eigenvalue weighted by molar-refractivity contribution is 5.98. The summed E-state index contributed by atoms with van der Waals surface area (Å²) in [5.74, 6) is 0.972. The van der Waals surface area contributed by atoms with E-state index in [4.69, 9.17) is 0 Å². The van der Waals surface area contributed by atoms with Crippen molar-refractivity contribution in [2.75, 3.05) is 26.2 Å². The molecular weight excluding hydrogens is 396 g/mol. The van der Waals surface area contributed by atoms with Crippen LogP contribution < -0.4 is 10.6 Å². The molecule has 2 aromatic rings. The topological polar surface area (TPSA) is 58.2 Å². The highest BCUT2D eigenvalue weighted by Crippen LogP contribution is 2.21. The lowest BCUT2D eigenvalue weighted by molar-refractivity contribution is 0.0888. The van der Waals surface area contributed by atoms with Crippen molar-refractivity contribution in [2.24, 2.45) is 11.8 Å². The zero-order valence-electron chi connectivity index (χ0n) is 19.1. The molecule has 0 aromatic heterocycles. The number of Topliss-reactive ketones (excluding diaryl/α,β-unsaturated/α-hetero) is 2. The molecule has 0 saturated carbocycles. The Morgan fingerprint density at radius 2 is 1.19 bits per heavy atom. The molecule has 2 aliphatic heterocycles. The molecule has 2 aromatic carbocycles. The largest absolute Gasteiger partial charge is 0.317 e. The molecule has 0 amide bonds. The lowest BCUT2D eigenvalue weighted by atomic mass is 9.88. The Balaban J connectivity index is 1.23. The molecule has 0 bridgehead atoms. The van der Waals surface area contributed by atoms with E-state index in [0.29, 0.717) is 11.6 Å². The average Bonchev–Trinajstić information content (AvgIpc) is 2.87. The number of piperidine rings is 2. The molecule has 2 heterocycles. The molecule has 0 atom stereocenters. The molecule has 0 aliphatic carbocycles. The predicted octanol–water partition coefficient (Wildman–Crippen LogP) is 4.62. The van der Waals surface area contributed by atoms with E-state index in [-0.39, 0.29) is 11.8 Å². The van der Waals surface area contributed by atoms with Gasteiger partial charge in [0.15, 0.2) is 11.6 Å². The van der Waals surface area contributed by atoms with Gasteiger partial charge in [-0.05, 0) is 94.7 Å². The molecular formula is C28H36N2O2. The van der Waals surface area contributed by atoms with E-state index in [2.05, 4.69) is 34.9 Å². The van der Waals surface area contributed by atoms with Gasteiger partial charge in [0.1, 0.15) is 0 Å². The fraction of sp³-hybridized carbons (Fsp3) is 0.500. The van der Waals surface area contributed by atoms with Crippen LogP contribution in [0.3, 0.4) is 0 Å². The number of hydrogen-bond acceptors (Lipinski definition) is 4. The molecule has 4 heteroatoms. The second-order valence-corrected chi connectivity index (χ2v) is 9.38. The van der Waals surface area contributed by atoms with E-state index in [1.54, 1.807) is 0 Å². The molecule has 2 fully saturated rings. The van der Waals surface area contributed by atoms with Gasteiger partial charge < -0.3 is 10.6 Å². The number of carbonyl (C=O) groups is 2. The Morgan fingerprint density at radius 3 is 1.78 bits per heavy atom. The summed E-state index contributed by atoms with van der Waals surface area (Å²) >= 11 is 0. The number of rotatable bonds is 9. The summed E-state index contributed by atoms with van der Waals surface area (Å²) in [4.78, 5) is 25.4. The van der Waals surface area contributed by atoms with Crippen LogP contribution in [0.25, 0.3) is 0 Å². The van der Waals surface area contributed by atoms with E-state index in [9.17, 15) is 9.59 Å². The molecule has 2 aliphatic rings. The van der Waals surface area contributed by atoms with Gasteiger partial charge in [0.2, 0.25) is 0 Å². The maximum absolute atomic E-state index is 12.8. The van der Waals surface area contributed by atoms with Gasteiger partial charge in [-0.3, -0.25) is 9.59 Å². The summed E-state index contributed by atoms with van der Waals surface area (Å²) in [7, 11) is 0. The third-order valence-corrected chi connectivity index (χ3v) is 7.05. The molecule has 4 nitrogen and oxygen atoms in total. The van der Waals surface area contributed by atoms with Crippen LogP contribution in [0.5, 0.6) is 0 Å². The zero-order valence-corrected chi connectivity index (χ0v) is 19.1. The monoisotopic (exact) mass is 432 g/mol. The fourth-order valence-corrected chi connectivity index (χ4v) is 5.01. The van der Waals surface area contributed by atoms with E-state index in [0.717, 1.165) is 88.7 Å². The van der Waals surface area contributed by atoms with Crippen molar-refractivity contribution < 1.29 is 9.59 Å². The van der Waals surface area contributed by atoms with Crippen molar-refractivity contribution in [3.05, 3.63) is 70.8 Å². The standard InChI is InChI=1S/C28H36N2O2/c31-27(24-12-16-29-17-13-24)23-10-8-21(9-11-23)4-1-2-5-22-6-3-7-26(20-22)28(32)25-14-18-30-19-15-25/h3,6-11,20,24-25,29-30H,1-2,4-5,12-19H2. The van der Waals surface area contributed by atoms with Gasteiger partial charge >= 0.3 is 0 Å². The highest BCUT2D eigenvalue weighted by Gasteiger charge is 2.23. The summed E-state index contributed by atoms with van der Waals surface area (Å²) < 4.78 is 0. The third kappa shape index (κ3) is 6.14. The number of unbranched alkanes of at least 4 members (excludes halogenated alkanes) is 1. The molecule has 4 rings (SSSR count). The van der Waals surface area contributed by atoms with Crippen LogP contribution in [-0.2, 0) is 12.8 Å². The van der Waals surface area contributed by atoms with Crippen LogP contribution >= 0.6 is 0 Å². The number of hydrogen-bond donors (Lipinski definition) is 2. The first kappa shape index (κ1) is 22.9. The molecule has 0 radical (unpaired) electrons. The Labute approximate surface area is 192 Å². The molecule has 0 spiro atoms. The van der Waals surface area contributed by atoms with Gasteiger partial charge in [-0.1, -0.05) is 42.5 Å². The summed E-state index contributed by atoms with van der Waals surface area (Å²) in [5, 5.41) is 6.66. The van der Waals surface area contributed by atoms with Crippen molar-refractivity contribution in [3.63, 3.8) is 0 Å². The van der Waals surface area contributed by atoms with Crippen molar-refractivity contribution in [1.29, 1.82) is 0 Å². The van der Waals surface area contributed by atoms with Crippen molar-refractivity contribution in [1.82, 2.24) is 10.6 Å². The van der Waals surface area contributed by atoms with Gasteiger partial charge in [0.05, 0.1) is 0 Å². The third-order valence-electron chi connectivity index (χ3n) is 7.05. The van der Waals surface area contributed by atoms with E-state index < -0.39 is 0 Å². The second-order valence-electron chi connectivity index (χ2n) is 9.38. The minimum atomic E-state index is 0.177. The van der Waals surface area contributed by atoms with Gasteiger partial charge in [-0.2, -0.15) is 0 Å². The number of carbonyl (C=O) groups excluding carboxylic acids is 2. The van der Waals surface area contributed by atoms with E-state index in [1.807, 2.05) is 24.3 Å². The summed E-state index contributed by atoms with van der Waals surface area (Å²) in [6.45, 7) is 3.79. The molecule has 170 valence electrons. The fourth-order valence-electron chi connectivity index (χ4n) is 5.01. The molecule has 2 N–H and O–H groups in total. The Bertz CT molecular complexity index is 894. The minimum absolute atomic E-state index is 0.177. The van der Waals surface area contributed by atoms with Crippen molar-refractivity contribution in [3.8, 4) is 0 Å².